The molecule has 4 heteroatoms. The third-order valence-electron chi connectivity index (χ3n) is 4.67. The average Bonchev–Trinajstić information content (AvgIpc) is 2.80. The van der Waals surface area contributed by atoms with Crippen LogP contribution in [-0.4, -0.2) is 48.1 Å². The van der Waals surface area contributed by atoms with E-state index in [4.69, 9.17) is 5.73 Å². The van der Waals surface area contributed by atoms with Crippen molar-refractivity contribution in [3.05, 3.63) is 21.9 Å². The fourth-order valence-corrected chi connectivity index (χ4v) is 4.10. The van der Waals surface area contributed by atoms with Gasteiger partial charge in [-0.15, -0.1) is 11.3 Å². The SMILES string of the molecule is CCC(N)C(c1ccc(C)s1)N1CCN(C)C(C)(C)C1. The molecular formula is C16H29N3S. The van der Waals surface area contributed by atoms with Gasteiger partial charge < -0.3 is 5.73 Å². The second-order valence-corrected chi connectivity index (χ2v) is 7.99. The standard InChI is InChI=1S/C16H29N3S/c1-6-13(17)15(14-8-7-12(2)20-14)19-10-9-18(5)16(3,4)11-19/h7-8,13,15H,6,9-11,17H2,1-5H3. The van der Waals surface area contributed by atoms with Crippen molar-refractivity contribution in [1.29, 1.82) is 0 Å². The molecule has 1 aromatic heterocycles. The summed E-state index contributed by atoms with van der Waals surface area (Å²) in [5.74, 6) is 0. The molecular weight excluding hydrogens is 266 g/mol. The fraction of sp³-hybridized carbons (Fsp3) is 0.750. The molecule has 0 bridgehead atoms. The van der Waals surface area contributed by atoms with E-state index in [9.17, 15) is 0 Å². The molecule has 0 saturated carbocycles. The Hall–Kier alpha value is -0.420. The largest absolute Gasteiger partial charge is 0.326 e. The number of nitrogens with zero attached hydrogens (tertiary/aromatic N) is 2. The summed E-state index contributed by atoms with van der Waals surface area (Å²) in [6.45, 7) is 12.3. The molecule has 2 rings (SSSR count). The van der Waals surface area contributed by atoms with E-state index in [1.54, 1.807) is 0 Å². The third kappa shape index (κ3) is 3.25. The number of piperazine rings is 1. The average molecular weight is 295 g/mol. The van der Waals surface area contributed by atoms with Gasteiger partial charge in [0.2, 0.25) is 0 Å². The lowest BCUT2D eigenvalue weighted by Gasteiger charge is -2.48. The summed E-state index contributed by atoms with van der Waals surface area (Å²) in [4.78, 5) is 7.86. The predicted molar refractivity (Wildman–Crippen MR) is 88.3 cm³/mol. The molecule has 1 aliphatic heterocycles. The lowest BCUT2D eigenvalue weighted by molar-refractivity contribution is 0.0104. The smallest absolute Gasteiger partial charge is 0.0594 e. The normalized spacial score (nSPS) is 23.7. The Morgan fingerprint density at radius 1 is 1.35 bits per heavy atom. The quantitative estimate of drug-likeness (QED) is 0.927. The molecule has 114 valence electrons. The van der Waals surface area contributed by atoms with E-state index in [0.29, 0.717) is 6.04 Å². The van der Waals surface area contributed by atoms with Gasteiger partial charge in [0.05, 0.1) is 6.04 Å². The van der Waals surface area contributed by atoms with Crippen LogP contribution in [0.2, 0.25) is 0 Å². The molecule has 0 radical (unpaired) electrons. The Kier molecular flexibility index (Phi) is 4.90. The highest BCUT2D eigenvalue weighted by Crippen LogP contribution is 2.34. The maximum absolute atomic E-state index is 6.46. The molecule has 1 aromatic rings. The molecule has 1 saturated heterocycles. The van der Waals surface area contributed by atoms with Crippen molar-refractivity contribution in [2.75, 3.05) is 26.7 Å². The van der Waals surface area contributed by atoms with E-state index in [1.165, 1.54) is 9.75 Å². The van der Waals surface area contributed by atoms with Crippen LogP contribution in [0.3, 0.4) is 0 Å². The zero-order chi connectivity index (χ0) is 14.9. The second-order valence-electron chi connectivity index (χ2n) is 6.67. The van der Waals surface area contributed by atoms with Crippen LogP contribution in [0.25, 0.3) is 0 Å². The van der Waals surface area contributed by atoms with Gasteiger partial charge in [0, 0.05) is 41.0 Å². The topological polar surface area (TPSA) is 32.5 Å². The monoisotopic (exact) mass is 295 g/mol. The minimum absolute atomic E-state index is 0.215. The van der Waals surface area contributed by atoms with Gasteiger partial charge in [-0.05, 0) is 46.4 Å². The third-order valence-corrected chi connectivity index (χ3v) is 5.74. The highest BCUT2D eigenvalue weighted by atomic mass is 32.1. The number of likely N-dealkylation sites (N-methyl/N-ethyl adjacent to an activating group) is 1. The van der Waals surface area contributed by atoms with Gasteiger partial charge in [-0.1, -0.05) is 6.92 Å². The zero-order valence-corrected chi connectivity index (χ0v) is 14.3. The number of thiophene rings is 1. The summed E-state index contributed by atoms with van der Waals surface area (Å²) in [5.41, 5.74) is 6.68. The van der Waals surface area contributed by atoms with E-state index in [1.807, 2.05) is 11.3 Å². The fourth-order valence-electron chi connectivity index (χ4n) is 3.01. The van der Waals surface area contributed by atoms with Gasteiger partial charge in [-0.25, -0.2) is 0 Å². The Morgan fingerprint density at radius 3 is 2.55 bits per heavy atom. The van der Waals surface area contributed by atoms with Crippen LogP contribution in [0.4, 0.5) is 0 Å². The maximum atomic E-state index is 6.46. The van der Waals surface area contributed by atoms with Gasteiger partial charge in [-0.3, -0.25) is 9.80 Å². The van der Waals surface area contributed by atoms with E-state index in [0.717, 1.165) is 26.1 Å². The molecule has 1 aliphatic rings. The highest BCUT2D eigenvalue weighted by molar-refractivity contribution is 7.12. The van der Waals surface area contributed by atoms with Crippen LogP contribution >= 0.6 is 11.3 Å². The first-order chi connectivity index (χ1) is 9.35. The Labute approximate surface area is 127 Å². The summed E-state index contributed by atoms with van der Waals surface area (Å²) in [5, 5.41) is 0. The second kappa shape index (κ2) is 6.14. The zero-order valence-electron chi connectivity index (χ0n) is 13.5. The number of hydrogen-bond donors (Lipinski definition) is 1. The number of rotatable bonds is 4. The summed E-state index contributed by atoms with van der Waals surface area (Å²) in [7, 11) is 2.22. The Bertz CT molecular complexity index is 441. The number of hydrogen-bond acceptors (Lipinski definition) is 4. The number of nitrogens with two attached hydrogens (primary N) is 1. The van der Waals surface area contributed by atoms with E-state index < -0.39 is 0 Å². The van der Waals surface area contributed by atoms with Crippen molar-refractivity contribution in [2.45, 2.75) is 51.7 Å². The van der Waals surface area contributed by atoms with Gasteiger partial charge >= 0.3 is 0 Å². The van der Waals surface area contributed by atoms with Crippen LogP contribution in [0.5, 0.6) is 0 Å². The van der Waals surface area contributed by atoms with Crippen LogP contribution in [0, 0.1) is 6.92 Å². The molecule has 2 unspecified atom stereocenters. The van der Waals surface area contributed by atoms with E-state index in [-0.39, 0.29) is 11.6 Å². The predicted octanol–water partition coefficient (Wildman–Crippen LogP) is 2.86. The first-order valence-corrected chi connectivity index (χ1v) is 8.44. The Morgan fingerprint density at radius 2 is 2.05 bits per heavy atom. The lowest BCUT2D eigenvalue weighted by atomic mass is 9.95. The van der Waals surface area contributed by atoms with Crippen LogP contribution in [0.1, 0.15) is 43.0 Å². The van der Waals surface area contributed by atoms with E-state index >= 15 is 0 Å². The molecule has 0 aliphatic carbocycles. The summed E-state index contributed by atoms with van der Waals surface area (Å²) >= 11 is 1.90. The van der Waals surface area contributed by atoms with Crippen molar-refractivity contribution >= 4 is 11.3 Å². The molecule has 2 N–H and O–H groups in total. The minimum Gasteiger partial charge on any atom is -0.326 e. The van der Waals surface area contributed by atoms with Crippen molar-refractivity contribution in [3.63, 3.8) is 0 Å². The summed E-state index contributed by atoms with van der Waals surface area (Å²) in [6.07, 6.45) is 1.02. The summed E-state index contributed by atoms with van der Waals surface area (Å²) in [6, 6.07) is 5.07. The first kappa shape index (κ1) is 16.0. The van der Waals surface area contributed by atoms with Crippen molar-refractivity contribution in [1.82, 2.24) is 9.80 Å². The lowest BCUT2D eigenvalue weighted by Crippen LogP contribution is -2.59. The molecule has 1 fully saturated rings. The van der Waals surface area contributed by atoms with Gasteiger partial charge in [-0.2, -0.15) is 0 Å². The first-order valence-electron chi connectivity index (χ1n) is 7.62. The molecule has 0 amide bonds. The van der Waals surface area contributed by atoms with Crippen LogP contribution < -0.4 is 5.73 Å². The van der Waals surface area contributed by atoms with Crippen molar-refractivity contribution in [3.8, 4) is 0 Å². The summed E-state index contributed by atoms with van der Waals surface area (Å²) < 4.78 is 0. The van der Waals surface area contributed by atoms with Gasteiger partial charge in [0.25, 0.3) is 0 Å². The molecule has 2 heterocycles. The van der Waals surface area contributed by atoms with Gasteiger partial charge in [0.15, 0.2) is 0 Å². The van der Waals surface area contributed by atoms with E-state index in [2.05, 4.69) is 56.7 Å². The molecule has 0 spiro atoms. The number of aryl methyl sites for hydroxylation is 1. The van der Waals surface area contributed by atoms with Crippen LogP contribution in [-0.2, 0) is 0 Å². The molecule has 3 nitrogen and oxygen atoms in total. The molecule has 20 heavy (non-hydrogen) atoms. The maximum Gasteiger partial charge on any atom is 0.0594 e. The minimum atomic E-state index is 0.215. The molecule has 0 aromatic carbocycles. The molecule has 2 atom stereocenters. The van der Waals surface area contributed by atoms with Gasteiger partial charge in [0.1, 0.15) is 0 Å². The van der Waals surface area contributed by atoms with Crippen LogP contribution in [0.15, 0.2) is 12.1 Å². The van der Waals surface area contributed by atoms with Crippen molar-refractivity contribution in [2.24, 2.45) is 5.73 Å². The highest BCUT2D eigenvalue weighted by Gasteiger charge is 2.36. The van der Waals surface area contributed by atoms with Crippen molar-refractivity contribution < 1.29 is 0 Å². The Balaban J connectivity index is 2.24.